The Morgan fingerprint density at radius 3 is 1.91 bits per heavy atom. The van der Waals surface area contributed by atoms with E-state index in [9.17, 15) is 0 Å². The van der Waals surface area contributed by atoms with Gasteiger partial charge in [-0.25, -0.2) is 0 Å². The van der Waals surface area contributed by atoms with Gasteiger partial charge in [-0.3, -0.25) is 0 Å². The van der Waals surface area contributed by atoms with Crippen molar-refractivity contribution in [1.82, 2.24) is 0 Å². The van der Waals surface area contributed by atoms with Gasteiger partial charge in [0.05, 0.1) is 0 Å². The van der Waals surface area contributed by atoms with E-state index in [0.29, 0.717) is 0 Å². The molecule has 1 aromatic carbocycles. The first-order valence-electron chi connectivity index (χ1n) is 3.21. The Morgan fingerprint density at radius 2 is 1.64 bits per heavy atom. The van der Waals surface area contributed by atoms with E-state index < -0.39 is 22.1 Å². The van der Waals surface area contributed by atoms with Crippen LogP contribution in [0.5, 0.6) is 0 Å². The molecule has 0 bridgehead atoms. The van der Waals surface area contributed by atoms with E-state index in [2.05, 4.69) is 33.5 Å². The van der Waals surface area contributed by atoms with Crippen molar-refractivity contribution in [2.45, 2.75) is 6.16 Å². The summed E-state index contributed by atoms with van der Waals surface area (Å²) in [6, 6.07) is 10.4. The summed E-state index contributed by atoms with van der Waals surface area (Å²) in [5, 5.41) is 0. The van der Waals surface area contributed by atoms with E-state index in [-0.39, 0.29) is 0 Å². The van der Waals surface area contributed by atoms with Gasteiger partial charge in [-0.15, -0.1) is 9.24 Å². The standard InChI is InChI=1S/C7H9P.2ClH.Hg/c8-6-7-4-2-1-3-5-7;;;/h1-5H,6,8H2;2*1H;/q;;;+2/p-2. The molecule has 58 valence electrons. The zero-order valence-electron chi connectivity index (χ0n) is 6.13. The number of hydrogen-bond acceptors (Lipinski definition) is 0. The third-order valence-corrected chi connectivity index (χ3v) is 1.55. The van der Waals surface area contributed by atoms with Crippen LogP contribution in [0.1, 0.15) is 5.56 Å². The first-order valence-corrected chi connectivity index (χ1v) is 17.6. The summed E-state index contributed by atoms with van der Waals surface area (Å²) in [5.41, 5.74) is 1.37. The summed E-state index contributed by atoms with van der Waals surface area (Å²) in [5.74, 6) is 0. The van der Waals surface area contributed by atoms with Crippen molar-refractivity contribution in [2.24, 2.45) is 0 Å². The third-order valence-electron chi connectivity index (χ3n) is 1.08. The molecule has 0 aromatic heterocycles. The summed E-state index contributed by atoms with van der Waals surface area (Å²) in [6.07, 6.45) is 1.06. The molecule has 1 rings (SSSR count). The number of halogens is 2. The van der Waals surface area contributed by atoms with Crippen LogP contribution in [0.2, 0.25) is 0 Å². The minimum atomic E-state index is -1.14. The van der Waals surface area contributed by atoms with Gasteiger partial charge in [0.2, 0.25) is 0 Å². The molecule has 0 heterocycles. The van der Waals surface area contributed by atoms with Gasteiger partial charge >= 0.3 is 38.6 Å². The molecule has 1 unspecified atom stereocenters. The summed E-state index contributed by atoms with van der Waals surface area (Å²) in [7, 11) is 12.7. The van der Waals surface area contributed by atoms with Crippen molar-refractivity contribution in [1.29, 1.82) is 0 Å². The van der Waals surface area contributed by atoms with Gasteiger partial charge in [0.25, 0.3) is 0 Å². The van der Waals surface area contributed by atoms with Gasteiger partial charge in [0.15, 0.2) is 0 Å². The van der Waals surface area contributed by atoms with Crippen molar-refractivity contribution in [3.05, 3.63) is 35.9 Å². The van der Waals surface area contributed by atoms with E-state index in [0.717, 1.165) is 6.16 Å². The van der Waals surface area contributed by atoms with Crippen molar-refractivity contribution < 1.29 is 22.1 Å². The molecule has 0 saturated heterocycles. The summed E-state index contributed by atoms with van der Waals surface area (Å²) < 4.78 is 0. The van der Waals surface area contributed by atoms with Gasteiger partial charge in [-0.05, 0) is 11.7 Å². The molecule has 1 aromatic rings. The van der Waals surface area contributed by atoms with Crippen LogP contribution in [0.15, 0.2) is 30.3 Å². The molecule has 1 atom stereocenters. The Hall–Kier alpha value is 1.17. The Balaban J connectivity index is 0.000000292. The summed E-state index contributed by atoms with van der Waals surface area (Å²) in [4.78, 5) is 0. The molecule has 0 radical (unpaired) electrons. The Bertz CT molecular complexity index is 169. The van der Waals surface area contributed by atoms with Gasteiger partial charge in [-0.1, -0.05) is 30.3 Å². The molecule has 0 fully saturated rings. The van der Waals surface area contributed by atoms with Crippen LogP contribution in [-0.4, -0.2) is 0 Å². The third kappa shape index (κ3) is 7.52. The molecular weight excluding hydrogens is 387 g/mol. The normalized spacial score (nSPS) is 7.55. The molecule has 0 aliphatic rings. The van der Waals surface area contributed by atoms with E-state index in [1.165, 1.54) is 5.56 Å². The first-order chi connectivity index (χ1) is 5.35. The van der Waals surface area contributed by atoms with Crippen molar-refractivity contribution in [2.75, 3.05) is 0 Å². The second-order valence-electron chi connectivity index (χ2n) is 1.79. The average molecular weight is 396 g/mol. The van der Waals surface area contributed by atoms with Crippen LogP contribution in [0.4, 0.5) is 0 Å². The summed E-state index contributed by atoms with van der Waals surface area (Å²) in [6.45, 7) is 0. The van der Waals surface area contributed by atoms with Gasteiger partial charge in [0.1, 0.15) is 0 Å². The minimum absolute atomic E-state index is 1.06. The van der Waals surface area contributed by atoms with Gasteiger partial charge in [0, 0.05) is 0 Å². The molecule has 0 aliphatic carbocycles. The Kier molecular flexibility index (Phi) is 10.2. The molecule has 0 N–H and O–H groups in total. The van der Waals surface area contributed by atoms with E-state index >= 15 is 0 Å². The quantitative estimate of drug-likeness (QED) is 0.505. The molecule has 0 aliphatic heterocycles. The van der Waals surface area contributed by atoms with Crippen molar-refractivity contribution in [3.8, 4) is 0 Å². The monoisotopic (exact) mass is 396 g/mol. The Labute approximate surface area is 89.2 Å². The van der Waals surface area contributed by atoms with Crippen LogP contribution in [0, 0.1) is 0 Å². The second-order valence-corrected chi connectivity index (χ2v) is 10.1. The zero-order chi connectivity index (χ0) is 8.53. The number of benzene rings is 1. The van der Waals surface area contributed by atoms with Gasteiger partial charge in [-0.2, -0.15) is 0 Å². The maximum atomic E-state index is 4.99. The van der Waals surface area contributed by atoms with Crippen molar-refractivity contribution >= 4 is 25.7 Å². The topological polar surface area (TPSA) is 0 Å². The number of hydrogen-bond donors (Lipinski definition) is 0. The fourth-order valence-electron chi connectivity index (χ4n) is 0.614. The molecule has 4 heteroatoms. The molecular formula is C7H9Cl2HgP. The molecule has 11 heavy (non-hydrogen) atoms. The van der Waals surface area contributed by atoms with E-state index in [4.69, 9.17) is 16.5 Å². The van der Waals surface area contributed by atoms with E-state index in [1.807, 2.05) is 6.07 Å². The molecule has 0 amide bonds. The number of rotatable bonds is 1. The van der Waals surface area contributed by atoms with Crippen LogP contribution in [0.3, 0.4) is 0 Å². The van der Waals surface area contributed by atoms with E-state index in [1.54, 1.807) is 0 Å². The predicted molar refractivity (Wildman–Crippen MR) is 51.6 cm³/mol. The van der Waals surface area contributed by atoms with Crippen LogP contribution in [-0.2, 0) is 28.3 Å². The van der Waals surface area contributed by atoms with Crippen LogP contribution in [0.25, 0.3) is 0 Å². The fourth-order valence-corrected chi connectivity index (χ4v) is 0.886. The average Bonchev–Trinajstić information content (AvgIpc) is 2.08. The second kappa shape index (κ2) is 9.25. The SMILES string of the molecule is PCc1ccccc1.[Cl][Hg][Cl]. The summed E-state index contributed by atoms with van der Waals surface area (Å²) >= 11 is -1.14. The van der Waals surface area contributed by atoms with Gasteiger partial charge < -0.3 is 0 Å². The predicted octanol–water partition coefficient (Wildman–Crippen LogP) is 3.44. The first kappa shape index (κ1) is 12.2. The van der Waals surface area contributed by atoms with Crippen LogP contribution < -0.4 is 0 Å². The van der Waals surface area contributed by atoms with Crippen LogP contribution >= 0.6 is 25.7 Å². The fraction of sp³-hybridized carbons (Fsp3) is 0.143. The Morgan fingerprint density at radius 1 is 1.18 bits per heavy atom. The molecule has 0 spiro atoms. The molecule has 0 saturated carbocycles. The maximum absolute atomic E-state index is 4.99. The van der Waals surface area contributed by atoms with Crippen molar-refractivity contribution in [3.63, 3.8) is 0 Å². The molecule has 0 nitrogen and oxygen atoms in total. The zero-order valence-corrected chi connectivity index (χ0v) is 14.3.